The highest BCUT2D eigenvalue weighted by atomic mass is 32.1. The number of hydrogen-bond acceptors (Lipinski definition) is 4. The molecule has 0 spiro atoms. The van der Waals surface area contributed by atoms with Gasteiger partial charge in [0, 0.05) is 18.0 Å². The highest BCUT2D eigenvalue weighted by Crippen LogP contribution is 2.40. The number of primary amides is 1. The van der Waals surface area contributed by atoms with Crippen LogP contribution in [0.25, 0.3) is 0 Å². The van der Waals surface area contributed by atoms with Crippen LogP contribution in [0.15, 0.2) is 0 Å². The lowest BCUT2D eigenvalue weighted by Crippen LogP contribution is -2.32. The van der Waals surface area contributed by atoms with Gasteiger partial charge in [-0.3, -0.25) is 9.59 Å². The maximum absolute atomic E-state index is 11.9. The molecule has 6 heteroatoms. The number of carbonyl (C=O) groups is 2. The van der Waals surface area contributed by atoms with Crippen LogP contribution in [-0.2, 0) is 17.6 Å². The van der Waals surface area contributed by atoms with Gasteiger partial charge in [0.1, 0.15) is 5.00 Å². The third kappa shape index (κ3) is 3.20. The first-order valence-electron chi connectivity index (χ1n) is 7.37. The molecule has 0 saturated heterocycles. The van der Waals surface area contributed by atoms with Crippen LogP contribution in [0.4, 0.5) is 5.00 Å². The Kier molecular flexibility index (Phi) is 4.88. The van der Waals surface area contributed by atoms with Crippen LogP contribution in [0.3, 0.4) is 0 Å². The summed E-state index contributed by atoms with van der Waals surface area (Å²) in [5, 5.41) is 9.95. The summed E-state index contributed by atoms with van der Waals surface area (Å²) in [5.41, 5.74) is 7.30. The van der Waals surface area contributed by atoms with Crippen LogP contribution in [0, 0.1) is 5.92 Å². The smallest absolute Gasteiger partial charge is 0.308 e. The van der Waals surface area contributed by atoms with Crippen molar-refractivity contribution in [2.75, 3.05) is 18.0 Å². The molecule has 0 radical (unpaired) electrons. The summed E-state index contributed by atoms with van der Waals surface area (Å²) in [6, 6.07) is 0. The van der Waals surface area contributed by atoms with Crippen LogP contribution >= 0.6 is 11.3 Å². The number of hydrogen-bond donors (Lipinski definition) is 2. The average molecular weight is 310 g/mol. The van der Waals surface area contributed by atoms with Crippen LogP contribution in [0.5, 0.6) is 0 Å². The first-order chi connectivity index (χ1) is 9.95. The number of aryl methyl sites for hydroxylation is 1. The Morgan fingerprint density at radius 3 is 2.62 bits per heavy atom. The lowest BCUT2D eigenvalue weighted by molar-refractivity contribution is -0.140. The Labute approximate surface area is 128 Å². The van der Waals surface area contributed by atoms with E-state index in [4.69, 9.17) is 10.8 Å². The number of amides is 1. The van der Waals surface area contributed by atoms with E-state index in [9.17, 15) is 9.59 Å². The topological polar surface area (TPSA) is 83.6 Å². The number of anilines is 1. The van der Waals surface area contributed by atoms with Crippen molar-refractivity contribution in [3.05, 3.63) is 16.0 Å². The maximum Gasteiger partial charge on any atom is 0.308 e. The minimum absolute atomic E-state index is 0.394. The van der Waals surface area contributed by atoms with Gasteiger partial charge in [0.05, 0.1) is 11.5 Å². The number of carboxylic acid groups (broad SMARTS) is 1. The van der Waals surface area contributed by atoms with Crippen LogP contribution < -0.4 is 10.6 Å². The van der Waals surface area contributed by atoms with E-state index in [1.54, 1.807) is 18.3 Å². The van der Waals surface area contributed by atoms with E-state index in [-0.39, 0.29) is 0 Å². The van der Waals surface area contributed by atoms with Gasteiger partial charge in [0.2, 0.25) is 0 Å². The van der Waals surface area contributed by atoms with Gasteiger partial charge >= 0.3 is 5.97 Å². The second-order valence-corrected chi connectivity index (χ2v) is 6.62. The summed E-state index contributed by atoms with van der Waals surface area (Å²) in [7, 11) is 0. The lowest BCUT2D eigenvalue weighted by atomic mass is 9.95. The van der Waals surface area contributed by atoms with Gasteiger partial charge in [-0.05, 0) is 38.2 Å². The van der Waals surface area contributed by atoms with E-state index in [2.05, 4.69) is 0 Å². The predicted octanol–water partition coefficient (Wildman–Crippen LogP) is 2.27. The third-order valence-electron chi connectivity index (χ3n) is 3.98. The van der Waals surface area contributed by atoms with Crippen molar-refractivity contribution < 1.29 is 14.7 Å². The van der Waals surface area contributed by atoms with Gasteiger partial charge in [0.25, 0.3) is 5.91 Å². The molecule has 1 unspecified atom stereocenters. The molecule has 0 aromatic carbocycles. The van der Waals surface area contributed by atoms with E-state index < -0.39 is 17.8 Å². The summed E-state index contributed by atoms with van der Waals surface area (Å²) >= 11 is 1.61. The third-order valence-corrected chi connectivity index (χ3v) is 5.34. The normalized spacial score (nSPS) is 15.3. The number of rotatable bonds is 6. The molecule has 1 aromatic rings. The van der Waals surface area contributed by atoms with Crippen LogP contribution in [-0.4, -0.2) is 30.1 Å². The summed E-state index contributed by atoms with van der Waals surface area (Å²) in [5.74, 6) is -1.70. The van der Waals surface area contributed by atoms with Crippen molar-refractivity contribution in [2.45, 2.75) is 39.5 Å². The number of fused-ring (bicyclic) bond motifs is 1. The fourth-order valence-electron chi connectivity index (χ4n) is 2.79. The van der Waals surface area contributed by atoms with Crippen LogP contribution in [0.1, 0.15) is 47.5 Å². The predicted molar refractivity (Wildman–Crippen MR) is 84.2 cm³/mol. The van der Waals surface area contributed by atoms with Gasteiger partial charge in [-0.15, -0.1) is 11.3 Å². The van der Waals surface area contributed by atoms with Crippen molar-refractivity contribution in [2.24, 2.45) is 11.7 Å². The molecular formula is C15H22N2O3S. The fraction of sp³-hybridized carbons (Fsp3) is 0.600. The molecule has 21 heavy (non-hydrogen) atoms. The zero-order chi connectivity index (χ0) is 15.6. The molecule has 3 N–H and O–H groups in total. The van der Waals surface area contributed by atoms with Crippen LogP contribution in [0.2, 0.25) is 0 Å². The highest BCUT2D eigenvalue weighted by molar-refractivity contribution is 7.16. The first kappa shape index (κ1) is 15.8. The lowest BCUT2D eigenvalue weighted by Gasteiger charge is -2.24. The molecule has 1 heterocycles. The van der Waals surface area contributed by atoms with Gasteiger partial charge in [-0.25, -0.2) is 0 Å². The summed E-state index contributed by atoms with van der Waals surface area (Å²) in [4.78, 5) is 26.2. The molecule has 116 valence electrons. The molecule has 2 rings (SSSR count). The summed E-state index contributed by atoms with van der Waals surface area (Å²) in [6.07, 6.45) is 4.12. The van der Waals surface area contributed by atoms with E-state index in [0.29, 0.717) is 18.7 Å². The minimum Gasteiger partial charge on any atom is -0.481 e. The molecule has 0 aliphatic heterocycles. The number of nitrogens with zero attached hydrogens (tertiary/aromatic N) is 1. The molecule has 1 aliphatic carbocycles. The molecule has 0 fully saturated rings. The van der Waals surface area contributed by atoms with E-state index in [1.165, 1.54) is 4.88 Å². The maximum atomic E-state index is 11.9. The summed E-state index contributed by atoms with van der Waals surface area (Å²) in [6.45, 7) is 4.71. The van der Waals surface area contributed by atoms with E-state index in [0.717, 1.165) is 36.2 Å². The second kappa shape index (κ2) is 6.47. The number of aliphatic carboxylic acids is 1. The molecule has 1 amide bonds. The Morgan fingerprint density at radius 1 is 1.38 bits per heavy atom. The quantitative estimate of drug-likeness (QED) is 0.844. The van der Waals surface area contributed by atoms with Crippen molar-refractivity contribution in [3.63, 3.8) is 0 Å². The molecule has 5 nitrogen and oxygen atoms in total. The first-order valence-corrected chi connectivity index (χ1v) is 8.19. The summed E-state index contributed by atoms with van der Waals surface area (Å²) < 4.78 is 0. The molecular weight excluding hydrogens is 288 g/mol. The van der Waals surface area contributed by atoms with Gasteiger partial charge < -0.3 is 15.7 Å². The number of thiophene rings is 1. The monoisotopic (exact) mass is 310 g/mol. The van der Waals surface area contributed by atoms with Crippen molar-refractivity contribution in [1.82, 2.24) is 0 Å². The van der Waals surface area contributed by atoms with Gasteiger partial charge in [-0.2, -0.15) is 0 Å². The molecule has 0 bridgehead atoms. The Balaban J connectivity index is 2.38. The standard InChI is InChI=1S/C15H22N2O3S/c1-3-17(8-9(2)15(19)20)14-12(13(16)18)10-6-4-5-7-11(10)21-14/h9H,3-8H2,1-2H3,(H2,16,18)(H,19,20). The second-order valence-electron chi connectivity index (χ2n) is 5.53. The zero-order valence-corrected chi connectivity index (χ0v) is 13.3. The Hall–Kier alpha value is -1.56. The number of carboxylic acids is 1. The van der Waals surface area contributed by atoms with Crippen molar-refractivity contribution in [3.8, 4) is 0 Å². The average Bonchev–Trinajstić information content (AvgIpc) is 2.83. The molecule has 1 atom stereocenters. The van der Waals surface area contributed by atoms with Gasteiger partial charge in [0.15, 0.2) is 0 Å². The van der Waals surface area contributed by atoms with Crippen molar-refractivity contribution >= 4 is 28.2 Å². The Bertz CT molecular complexity index is 553. The molecule has 1 aromatic heterocycles. The largest absolute Gasteiger partial charge is 0.481 e. The number of carbonyl (C=O) groups excluding carboxylic acids is 1. The molecule has 1 aliphatic rings. The number of nitrogens with two attached hydrogens (primary N) is 1. The minimum atomic E-state index is -0.824. The van der Waals surface area contributed by atoms with E-state index >= 15 is 0 Å². The Morgan fingerprint density at radius 2 is 2.05 bits per heavy atom. The van der Waals surface area contributed by atoms with Gasteiger partial charge in [-0.1, -0.05) is 6.92 Å². The SMILES string of the molecule is CCN(CC(C)C(=O)O)c1sc2c(c1C(N)=O)CCCC2. The van der Waals surface area contributed by atoms with E-state index in [1.807, 2.05) is 11.8 Å². The highest BCUT2D eigenvalue weighted by Gasteiger charge is 2.27. The zero-order valence-electron chi connectivity index (χ0n) is 12.5. The molecule has 0 saturated carbocycles. The van der Waals surface area contributed by atoms with Crippen molar-refractivity contribution in [1.29, 1.82) is 0 Å². The fourth-order valence-corrected chi connectivity index (χ4v) is 4.26.